The van der Waals surface area contributed by atoms with Gasteiger partial charge in [-0.2, -0.15) is 5.10 Å². The molecule has 17 heavy (non-hydrogen) atoms. The van der Waals surface area contributed by atoms with Crippen molar-refractivity contribution in [2.75, 3.05) is 0 Å². The lowest BCUT2D eigenvalue weighted by atomic mass is 10.0. The fourth-order valence-corrected chi connectivity index (χ4v) is 2.07. The van der Waals surface area contributed by atoms with E-state index < -0.39 is 0 Å². The molecule has 2 N–H and O–H groups in total. The quantitative estimate of drug-likeness (QED) is 0.905. The maximum absolute atomic E-state index is 6.15. The van der Waals surface area contributed by atoms with E-state index in [1.54, 1.807) is 6.33 Å². The first-order valence-corrected chi connectivity index (χ1v) is 5.97. The molecule has 0 saturated carbocycles. The van der Waals surface area contributed by atoms with Crippen LogP contribution in [0.3, 0.4) is 0 Å². The summed E-state index contributed by atoms with van der Waals surface area (Å²) in [4.78, 5) is 4.21. The van der Waals surface area contributed by atoms with E-state index in [0.717, 1.165) is 17.9 Å². The summed E-state index contributed by atoms with van der Waals surface area (Å²) in [5.41, 5.74) is 7.09. The van der Waals surface area contributed by atoms with Gasteiger partial charge in [-0.05, 0) is 18.6 Å². The van der Waals surface area contributed by atoms with Crippen molar-refractivity contribution in [3.05, 3.63) is 47.0 Å². The molecule has 5 heteroatoms. The third-order valence-corrected chi connectivity index (χ3v) is 3.05. The molecule has 0 bridgehead atoms. The topological polar surface area (TPSA) is 56.7 Å². The van der Waals surface area contributed by atoms with E-state index in [9.17, 15) is 0 Å². The summed E-state index contributed by atoms with van der Waals surface area (Å²) >= 11 is 6.11. The number of benzene rings is 1. The van der Waals surface area contributed by atoms with E-state index in [1.165, 1.54) is 0 Å². The average Bonchev–Trinajstić information content (AvgIpc) is 2.76. The second-order valence-corrected chi connectivity index (χ2v) is 4.23. The molecule has 1 aromatic carbocycles. The molecule has 0 saturated heterocycles. The van der Waals surface area contributed by atoms with E-state index in [0.29, 0.717) is 11.4 Å². The monoisotopic (exact) mass is 250 g/mol. The highest BCUT2D eigenvalue weighted by Crippen LogP contribution is 2.23. The standard InChI is InChI=1S/C12H15ClN4/c1-2-17-12(15-8-16-17)7-11(14)9-5-3-4-6-10(9)13/h3-6,8,11H,2,7,14H2,1H3. The van der Waals surface area contributed by atoms with Crippen LogP contribution in [0.5, 0.6) is 0 Å². The summed E-state index contributed by atoms with van der Waals surface area (Å²) in [6, 6.07) is 7.47. The largest absolute Gasteiger partial charge is 0.324 e. The molecule has 90 valence electrons. The van der Waals surface area contributed by atoms with Crippen molar-refractivity contribution in [1.29, 1.82) is 0 Å². The molecule has 0 fully saturated rings. The predicted molar refractivity (Wildman–Crippen MR) is 67.8 cm³/mol. The highest BCUT2D eigenvalue weighted by atomic mass is 35.5. The summed E-state index contributed by atoms with van der Waals surface area (Å²) in [6.45, 7) is 2.82. The number of aromatic nitrogens is 3. The molecule has 1 atom stereocenters. The lowest BCUT2D eigenvalue weighted by Gasteiger charge is -2.13. The summed E-state index contributed by atoms with van der Waals surface area (Å²) in [6.07, 6.45) is 2.19. The van der Waals surface area contributed by atoms with Crippen molar-refractivity contribution < 1.29 is 0 Å². The second kappa shape index (κ2) is 5.29. The van der Waals surface area contributed by atoms with Crippen LogP contribution in [-0.4, -0.2) is 14.8 Å². The Labute approximate surface area is 105 Å². The van der Waals surface area contributed by atoms with Crippen LogP contribution in [0.2, 0.25) is 5.02 Å². The zero-order valence-corrected chi connectivity index (χ0v) is 10.4. The molecule has 0 amide bonds. The molecule has 2 rings (SSSR count). The van der Waals surface area contributed by atoms with Gasteiger partial charge in [-0.25, -0.2) is 4.98 Å². The molecule has 1 unspecified atom stereocenters. The number of hydrogen-bond acceptors (Lipinski definition) is 3. The predicted octanol–water partition coefficient (Wildman–Crippen LogP) is 2.19. The van der Waals surface area contributed by atoms with Gasteiger partial charge in [0.2, 0.25) is 0 Å². The number of aryl methyl sites for hydroxylation is 1. The maximum Gasteiger partial charge on any atom is 0.138 e. The minimum absolute atomic E-state index is 0.154. The van der Waals surface area contributed by atoms with E-state index in [1.807, 2.05) is 35.9 Å². The van der Waals surface area contributed by atoms with Gasteiger partial charge in [-0.15, -0.1) is 0 Å². The summed E-state index contributed by atoms with van der Waals surface area (Å²) < 4.78 is 1.84. The molecule has 4 nitrogen and oxygen atoms in total. The molecular weight excluding hydrogens is 236 g/mol. The minimum Gasteiger partial charge on any atom is -0.324 e. The van der Waals surface area contributed by atoms with E-state index >= 15 is 0 Å². The van der Waals surface area contributed by atoms with Crippen LogP contribution in [0.4, 0.5) is 0 Å². The van der Waals surface area contributed by atoms with E-state index in [4.69, 9.17) is 17.3 Å². The van der Waals surface area contributed by atoms with Crippen LogP contribution < -0.4 is 5.73 Å². The van der Waals surface area contributed by atoms with Crippen LogP contribution >= 0.6 is 11.6 Å². The van der Waals surface area contributed by atoms with Gasteiger partial charge >= 0.3 is 0 Å². The van der Waals surface area contributed by atoms with Crippen molar-refractivity contribution in [3.63, 3.8) is 0 Å². The average molecular weight is 251 g/mol. The number of nitrogens with zero attached hydrogens (tertiary/aromatic N) is 3. The molecule has 1 aromatic heterocycles. The van der Waals surface area contributed by atoms with Crippen molar-refractivity contribution in [2.24, 2.45) is 5.73 Å². The molecule has 0 radical (unpaired) electrons. The van der Waals surface area contributed by atoms with Crippen molar-refractivity contribution in [3.8, 4) is 0 Å². The third kappa shape index (κ3) is 2.65. The number of nitrogens with two attached hydrogens (primary N) is 1. The first-order chi connectivity index (χ1) is 8.22. The SMILES string of the molecule is CCn1ncnc1CC(N)c1ccccc1Cl. The van der Waals surface area contributed by atoms with Gasteiger partial charge in [0.15, 0.2) is 0 Å². The smallest absolute Gasteiger partial charge is 0.138 e. The highest BCUT2D eigenvalue weighted by Gasteiger charge is 2.13. The molecule has 0 aliphatic carbocycles. The summed E-state index contributed by atoms with van der Waals surface area (Å²) in [5, 5.41) is 4.82. The Morgan fingerprint density at radius 2 is 2.18 bits per heavy atom. The first-order valence-electron chi connectivity index (χ1n) is 5.59. The van der Waals surface area contributed by atoms with Gasteiger partial charge in [0, 0.05) is 24.0 Å². The number of hydrogen-bond donors (Lipinski definition) is 1. The fraction of sp³-hybridized carbons (Fsp3) is 0.333. The van der Waals surface area contributed by atoms with Gasteiger partial charge in [-0.3, -0.25) is 4.68 Å². The van der Waals surface area contributed by atoms with Crippen LogP contribution in [-0.2, 0) is 13.0 Å². The molecule has 1 heterocycles. The Kier molecular flexibility index (Phi) is 3.76. The van der Waals surface area contributed by atoms with Crippen LogP contribution in [0.15, 0.2) is 30.6 Å². The van der Waals surface area contributed by atoms with Crippen molar-refractivity contribution >= 4 is 11.6 Å². The Morgan fingerprint density at radius 3 is 2.88 bits per heavy atom. The van der Waals surface area contributed by atoms with E-state index in [-0.39, 0.29) is 6.04 Å². The van der Waals surface area contributed by atoms with Crippen molar-refractivity contribution in [2.45, 2.75) is 25.9 Å². The molecule has 0 spiro atoms. The summed E-state index contributed by atoms with van der Waals surface area (Å²) in [7, 11) is 0. The molecular formula is C12H15ClN4. The van der Waals surface area contributed by atoms with Crippen LogP contribution in [0.25, 0.3) is 0 Å². The number of halogens is 1. The van der Waals surface area contributed by atoms with Gasteiger partial charge in [-0.1, -0.05) is 29.8 Å². The fourth-order valence-electron chi connectivity index (χ4n) is 1.79. The zero-order chi connectivity index (χ0) is 12.3. The minimum atomic E-state index is -0.154. The van der Waals surface area contributed by atoms with Crippen LogP contribution in [0, 0.1) is 0 Å². The zero-order valence-electron chi connectivity index (χ0n) is 9.68. The van der Waals surface area contributed by atoms with Crippen LogP contribution in [0.1, 0.15) is 24.4 Å². The van der Waals surface area contributed by atoms with Gasteiger partial charge < -0.3 is 5.73 Å². The van der Waals surface area contributed by atoms with Gasteiger partial charge in [0.25, 0.3) is 0 Å². The number of rotatable bonds is 4. The second-order valence-electron chi connectivity index (χ2n) is 3.82. The Balaban J connectivity index is 2.17. The Bertz CT molecular complexity index is 495. The first kappa shape index (κ1) is 12.1. The Morgan fingerprint density at radius 1 is 1.41 bits per heavy atom. The lowest BCUT2D eigenvalue weighted by Crippen LogP contribution is -2.17. The Hall–Kier alpha value is -1.39. The van der Waals surface area contributed by atoms with Crippen molar-refractivity contribution in [1.82, 2.24) is 14.8 Å². The normalized spacial score (nSPS) is 12.6. The molecule has 0 aliphatic rings. The van der Waals surface area contributed by atoms with Gasteiger partial charge in [0.1, 0.15) is 12.2 Å². The highest BCUT2D eigenvalue weighted by molar-refractivity contribution is 6.31. The summed E-state index contributed by atoms with van der Waals surface area (Å²) in [5.74, 6) is 0.889. The van der Waals surface area contributed by atoms with Gasteiger partial charge in [0.05, 0.1) is 0 Å². The third-order valence-electron chi connectivity index (χ3n) is 2.70. The molecule has 2 aromatic rings. The maximum atomic E-state index is 6.15. The molecule has 0 aliphatic heterocycles. The van der Waals surface area contributed by atoms with E-state index in [2.05, 4.69) is 10.1 Å². The lowest BCUT2D eigenvalue weighted by molar-refractivity contribution is 0.581.